The Morgan fingerprint density at radius 2 is 1.88 bits per heavy atom. The standard InChI is InChI=1S/C18H21N3O3/c1-21-16-15(17(23)20-18(21)24)12-7-11(10-5-3-2-4-6-10)8-14(22)13(12)9-19-16/h2-6,11-13,15-16,19H,7-9H2,1H3,(H,20,23,24). The Hall–Kier alpha value is -2.21. The van der Waals surface area contributed by atoms with Crippen molar-refractivity contribution in [3.05, 3.63) is 35.9 Å². The topological polar surface area (TPSA) is 78.5 Å². The van der Waals surface area contributed by atoms with Gasteiger partial charge in [0.2, 0.25) is 5.91 Å². The molecule has 2 N–H and O–H groups in total. The number of nitrogens with one attached hydrogen (secondary N) is 2. The van der Waals surface area contributed by atoms with E-state index in [1.807, 2.05) is 30.3 Å². The zero-order chi connectivity index (χ0) is 16.8. The molecule has 2 aliphatic heterocycles. The van der Waals surface area contributed by atoms with E-state index in [0.717, 1.165) is 12.0 Å². The second-order valence-electron chi connectivity index (χ2n) is 7.07. The number of amides is 3. The second kappa shape index (κ2) is 5.70. The molecule has 1 aromatic carbocycles. The number of Topliss-reactive ketones (excluding diaryl/α,β-unsaturated/α-hetero) is 1. The van der Waals surface area contributed by atoms with Gasteiger partial charge in [0.1, 0.15) is 5.78 Å². The van der Waals surface area contributed by atoms with Gasteiger partial charge in [-0.15, -0.1) is 0 Å². The van der Waals surface area contributed by atoms with Crippen LogP contribution in [0.25, 0.3) is 0 Å². The van der Waals surface area contributed by atoms with Crippen LogP contribution in [0.1, 0.15) is 24.3 Å². The molecule has 0 spiro atoms. The first kappa shape index (κ1) is 15.3. The van der Waals surface area contributed by atoms with Gasteiger partial charge in [0.05, 0.1) is 12.1 Å². The highest BCUT2D eigenvalue weighted by atomic mass is 16.2. The van der Waals surface area contributed by atoms with Crippen LogP contribution in [0.2, 0.25) is 0 Å². The highest BCUT2D eigenvalue weighted by molar-refractivity contribution is 5.99. The van der Waals surface area contributed by atoms with Gasteiger partial charge < -0.3 is 4.90 Å². The molecule has 6 nitrogen and oxygen atoms in total. The number of carbonyl (C=O) groups is 3. The van der Waals surface area contributed by atoms with Gasteiger partial charge in [0.15, 0.2) is 0 Å². The van der Waals surface area contributed by atoms with Crippen molar-refractivity contribution in [2.24, 2.45) is 17.8 Å². The molecule has 3 amide bonds. The number of hydrogen-bond donors (Lipinski definition) is 2. The van der Waals surface area contributed by atoms with Gasteiger partial charge in [0, 0.05) is 25.9 Å². The van der Waals surface area contributed by atoms with Crippen LogP contribution in [0.4, 0.5) is 4.79 Å². The SMILES string of the molecule is CN1C(=O)NC(=O)C2C3CC(c4ccccc4)CC(=O)C3CNC21. The van der Waals surface area contributed by atoms with E-state index >= 15 is 0 Å². The minimum atomic E-state index is -0.381. The normalized spacial score (nSPS) is 36.0. The Morgan fingerprint density at radius 3 is 2.62 bits per heavy atom. The minimum absolute atomic E-state index is 0.0294. The molecule has 1 aromatic rings. The van der Waals surface area contributed by atoms with Gasteiger partial charge >= 0.3 is 6.03 Å². The molecule has 0 bridgehead atoms. The maximum Gasteiger partial charge on any atom is 0.325 e. The van der Waals surface area contributed by atoms with Crippen LogP contribution in [0.15, 0.2) is 30.3 Å². The molecule has 5 unspecified atom stereocenters. The molecule has 6 heteroatoms. The molecular formula is C18H21N3O3. The molecule has 3 aliphatic rings. The maximum absolute atomic E-state index is 12.7. The summed E-state index contributed by atoms with van der Waals surface area (Å²) in [6.45, 7) is 0.539. The van der Waals surface area contributed by atoms with Crippen molar-refractivity contribution in [2.45, 2.75) is 24.9 Å². The monoisotopic (exact) mass is 327 g/mol. The molecule has 24 heavy (non-hydrogen) atoms. The molecule has 1 saturated carbocycles. The third kappa shape index (κ3) is 2.33. The number of carbonyl (C=O) groups excluding carboxylic acids is 3. The first-order valence-corrected chi connectivity index (χ1v) is 8.45. The van der Waals surface area contributed by atoms with Crippen molar-refractivity contribution >= 4 is 17.7 Å². The zero-order valence-electron chi connectivity index (χ0n) is 13.6. The van der Waals surface area contributed by atoms with Crippen molar-refractivity contribution in [3.63, 3.8) is 0 Å². The van der Waals surface area contributed by atoms with Gasteiger partial charge in [0.25, 0.3) is 0 Å². The average molecular weight is 327 g/mol. The molecule has 0 radical (unpaired) electrons. The van der Waals surface area contributed by atoms with E-state index in [1.54, 1.807) is 11.9 Å². The number of rotatable bonds is 1. The lowest BCUT2D eigenvalue weighted by atomic mass is 9.63. The summed E-state index contributed by atoms with van der Waals surface area (Å²) in [7, 11) is 1.69. The maximum atomic E-state index is 12.7. The van der Waals surface area contributed by atoms with Crippen molar-refractivity contribution in [1.29, 1.82) is 0 Å². The van der Waals surface area contributed by atoms with Gasteiger partial charge in [-0.3, -0.25) is 20.2 Å². The number of fused-ring (bicyclic) bond motifs is 3. The highest BCUT2D eigenvalue weighted by Gasteiger charge is 2.53. The van der Waals surface area contributed by atoms with Crippen LogP contribution < -0.4 is 10.6 Å². The van der Waals surface area contributed by atoms with Crippen molar-refractivity contribution in [3.8, 4) is 0 Å². The van der Waals surface area contributed by atoms with E-state index in [4.69, 9.17) is 0 Å². The number of hydrogen-bond acceptors (Lipinski definition) is 4. The number of piperidine rings is 1. The van der Waals surface area contributed by atoms with Crippen LogP contribution in [-0.2, 0) is 9.59 Å². The number of ketones is 1. The predicted molar refractivity (Wildman–Crippen MR) is 87.0 cm³/mol. The minimum Gasteiger partial charge on any atom is -0.311 e. The van der Waals surface area contributed by atoms with Crippen LogP contribution in [0.5, 0.6) is 0 Å². The first-order valence-electron chi connectivity index (χ1n) is 8.45. The Bertz CT molecular complexity index is 690. The van der Waals surface area contributed by atoms with Crippen LogP contribution in [0, 0.1) is 17.8 Å². The number of benzene rings is 1. The van der Waals surface area contributed by atoms with E-state index in [-0.39, 0.29) is 47.6 Å². The number of urea groups is 1. The van der Waals surface area contributed by atoms with Gasteiger partial charge in [-0.05, 0) is 23.8 Å². The fourth-order valence-corrected chi connectivity index (χ4v) is 4.58. The van der Waals surface area contributed by atoms with Crippen LogP contribution >= 0.6 is 0 Å². The molecule has 2 heterocycles. The summed E-state index contributed by atoms with van der Waals surface area (Å²) in [5.74, 6) is -0.432. The van der Waals surface area contributed by atoms with E-state index in [9.17, 15) is 14.4 Å². The Labute approximate surface area is 140 Å². The largest absolute Gasteiger partial charge is 0.325 e. The van der Waals surface area contributed by atoms with Gasteiger partial charge in [-0.2, -0.15) is 0 Å². The smallest absolute Gasteiger partial charge is 0.311 e. The number of nitrogens with zero attached hydrogens (tertiary/aromatic N) is 1. The van der Waals surface area contributed by atoms with Crippen LogP contribution in [0.3, 0.4) is 0 Å². The van der Waals surface area contributed by atoms with E-state index in [0.29, 0.717) is 13.0 Å². The van der Waals surface area contributed by atoms with Gasteiger partial charge in [-0.1, -0.05) is 30.3 Å². The summed E-state index contributed by atoms with van der Waals surface area (Å²) in [5.41, 5.74) is 1.15. The Balaban J connectivity index is 1.65. The summed E-state index contributed by atoms with van der Waals surface area (Å²) in [5, 5.41) is 5.67. The third-order valence-corrected chi connectivity index (χ3v) is 5.82. The quantitative estimate of drug-likeness (QED) is 0.809. The highest BCUT2D eigenvalue weighted by Crippen LogP contribution is 2.44. The lowest BCUT2D eigenvalue weighted by Gasteiger charge is -2.50. The summed E-state index contributed by atoms with van der Waals surface area (Å²) in [4.78, 5) is 38.6. The van der Waals surface area contributed by atoms with Crippen molar-refractivity contribution < 1.29 is 14.4 Å². The Kier molecular flexibility index (Phi) is 3.64. The lowest BCUT2D eigenvalue weighted by molar-refractivity contribution is -0.141. The fraction of sp³-hybridized carbons (Fsp3) is 0.500. The summed E-state index contributed by atoms with van der Waals surface area (Å²) >= 11 is 0. The molecule has 1 aliphatic carbocycles. The second-order valence-corrected chi connectivity index (χ2v) is 7.07. The summed E-state index contributed by atoms with van der Waals surface area (Å²) in [6.07, 6.45) is 1.01. The van der Waals surface area contributed by atoms with E-state index in [1.165, 1.54) is 0 Å². The summed E-state index contributed by atoms with van der Waals surface area (Å²) < 4.78 is 0. The lowest BCUT2D eigenvalue weighted by Crippen LogP contribution is -2.70. The molecular weight excluding hydrogens is 306 g/mol. The average Bonchev–Trinajstić information content (AvgIpc) is 2.59. The predicted octanol–water partition coefficient (Wildman–Crippen LogP) is 1.09. The molecule has 0 aromatic heterocycles. The first-order chi connectivity index (χ1) is 11.6. The fourth-order valence-electron chi connectivity index (χ4n) is 4.58. The van der Waals surface area contributed by atoms with E-state index in [2.05, 4.69) is 10.6 Å². The molecule has 2 saturated heterocycles. The molecule has 5 atom stereocenters. The number of imide groups is 1. The molecule has 3 fully saturated rings. The molecule has 4 rings (SSSR count). The van der Waals surface area contributed by atoms with Crippen molar-refractivity contribution in [1.82, 2.24) is 15.5 Å². The zero-order valence-corrected chi connectivity index (χ0v) is 13.6. The van der Waals surface area contributed by atoms with Crippen LogP contribution in [-0.4, -0.2) is 42.4 Å². The summed E-state index contributed by atoms with van der Waals surface area (Å²) in [6, 6.07) is 9.65. The van der Waals surface area contributed by atoms with Crippen molar-refractivity contribution in [2.75, 3.05) is 13.6 Å². The third-order valence-electron chi connectivity index (χ3n) is 5.82. The van der Waals surface area contributed by atoms with E-state index < -0.39 is 0 Å². The molecule has 126 valence electrons. The Morgan fingerprint density at radius 1 is 1.12 bits per heavy atom. The van der Waals surface area contributed by atoms with Gasteiger partial charge in [-0.25, -0.2) is 4.79 Å².